The highest BCUT2D eigenvalue weighted by Gasteiger charge is 2.09. The average molecular weight is 278 g/mol. The van der Waals surface area contributed by atoms with Crippen molar-refractivity contribution in [3.8, 4) is 0 Å². The third-order valence-corrected chi connectivity index (χ3v) is 1.99. The fourth-order valence-corrected chi connectivity index (χ4v) is 1.19. The van der Waals surface area contributed by atoms with E-state index in [4.69, 9.17) is 24.1 Å². The second kappa shape index (κ2) is 11.9. The van der Waals surface area contributed by atoms with E-state index < -0.39 is 18.2 Å². The zero-order valence-electron chi connectivity index (χ0n) is 11.4. The number of carboxylic acid groups (broad SMARTS) is 1. The largest absolute Gasteiger partial charge is 0.481 e. The molecule has 0 aromatic heterocycles. The van der Waals surface area contributed by atoms with Crippen molar-refractivity contribution < 1.29 is 33.6 Å². The van der Waals surface area contributed by atoms with E-state index in [1.54, 1.807) is 0 Å². The Morgan fingerprint density at radius 1 is 1.05 bits per heavy atom. The Hall–Kier alpha value is -1.18. The molecule has 7 nitrogen and oxygen atoms in total. The molecule has 0 radical (unpaired) electrons. The molecule has 7 heteroatoms. The topological polar surface area (TPSA) is 91.3 Å². The Bertz CT molecular complexity index is 248. The summed E-state index contributed by atoms with van der Waals surface area (Å²) < 4.78 is 20.5. The third-order valence-electron chi connectivity index (χ3n) is 1.99. The maximum atomic E-state index is 11.1. The molecular formula is C12H22O7. The van der Waals surface area contributed by atoms with E-state index in [0.29, 0.717) is 13.2 Å². The normalized spacial score (nSPS) is 10.7. The van der Waals surface area contributed by atoms with Gasteiger partial charge in [0.05, 0.1) is 26.1 Å². The van der Waals surface area contributed by atoms with Crippen molar-refractivity contribution in [1.29, 1.82) is 0 Å². The van der Waals surface area contributed by atoms with Crippen LogP contribution in [0.1, 0.15) is 26.7 Å². The van der Waals surface area contributed by atoms with Crippen molar-refractivity contribution in [1.82, 2.24) is 0 Å². The Kier molecular flexibility index (Phi) is 11.1. The monoisotopic (exact) mass is 278 g/mol. The van der Waals surface area contributed by atoms with Crippen LogP contribution >= 0.6 is 0 Å². The summed E-state index contributed by atoms with van der Waals surface area (Å²) in [5.74, 6) is -1.57. The molecule has 0 aromatic rings. The van der Waals surface area contributed by atoms with Gasteiger partial charge in [-0.05, 0) is 13.8 Å². The average Bonchev–Trinajstić information content (AvgIpc) is 2.36. The molecule has 0 saturated carbocycles. The Morgan fingerprint density at radius 3 is 2.21 bits per heavy atom. The molecule has 0 fully saturated rings. The minimum atomic E-state index is -1.02. The van der Waals surface area contributed by atoms with Gasteiger partial charge in [-0.25, -0.2) is 0 Å². The fourth-order valence-electron chi connectivity index (χ4n) is 1.19. The molecule has 0 saturated heterocycles. The van der Waals surface area contributed by atoms with Gasteiger partial charge >= 0.3 is 11.9 Å². The molecule has 0 atom stereocenters. The maximum absolute atomic E-state index is 11.1. The molecule has 0 amide bonds. The first-order chi connectivity index (χ1) is 9.10. The Balaban J connectivity index is 3.51. The van der Waals surface area contributed by atoms with Crippen molar-refractivity contribution in [2.24, 2.45) is 0 Å². The molecule has 0 aliphatic carbocycles. The minimum absolute atomic E-state index is 0.0867. The lowest BCUT2D eigenvalue weighted by Crippen LogP contribution is -2.24. The number of esters is 1. The van der Waals surface area contributed by atoms with Crippen molar-refractivity contribution >= 4 is 11.9 Å². The zero-order valence-corrected chi connectivity index (χ0v) is 11.4. The summed E-state index contributed by atoms with van der Waals surface area (Å²) in [5, 5.41) is 8.37. The molecule has 0 bridgehead atoms. The molecule has 0 aliphatic heterocycles. The summed E-state index contributed by atoms with van der Waals surface area (Å²) in [6, 6.07) is 0. The van der Waals surface area contributed by atoms with Gasteiger partial charge in [0.25, 0.3) is 0 Å². The lowest BCUT2D eigenvalue weighted by atomic mass is 10.3. The van der Waals surface area contributed by atoms with Gasteiger partial charge in [-0.1, -0.05) is 0 Å². The van der Waals surface area contributed by atoms with E-state index in [1.807, 2.05) is 13.8 Å². The van der Waals surface area contributed by atoms with Crippen molar-refractivity contribution in [2.75, 3.05) is 33.0 Å². The third kappa shape index (κ3) is 11.6. The Morgan fingerprint density at radius 2 is 1.68 bits per heavy atom. The van der Waals surface area contributed by atoms with E-state index in [1.165, 1.54) is 0 Å². The van der Waals surface area contributed by atoms with Gasteiger partial charge in [-0.15, -0.1) is 0 Å². The summed E-state index contributed by atoms with van der Waals surface area (Å²) in [5.41, 5.74) is 0. The van der Waals surface area contributed by atoms with Crippen LogP contribution in [0.4, 0.5) is 0 Å². The van der Waals surface area contributed by atoms with Crippen LogP contribution in [-0.4, -0.2) is 56.4 Å². The smallest absolute Gasteiger partial charge is 0.306 e. The molecule has 0 rings (SSSR count). The van der Waals surface area contributed by atoms with Crippen LogP contribution in [-0.2, 0) is 28.5 Å². The fraction of sp³-hybridized carbons (Fsp3) is 0.833. The summed E-state index contributed by atoms with van der Waals surface area (Å²) >= 11 is 0. The number of rotatable bonds is 12. The van der Waals surface area contributed by atoms with Crippen molar-refractivity contribution in [3.63, 3.8) is 0 Å². The van der Waals surface area contributed by atoms with Crippen molar-refractivity contribution in [2.45, 2.75) is 33.0 Å². The second-order valence-corrected chi connectivity index (χ2v) is 3.53. The first kappa shape index (κ1) is 17.8. The van der Waals surface area contributed by atoms with Gasteiger partial charge in [0.15, 0.2) is 6.29 Å². The van der Waals surface area contributed by atoms with Gasteiger partial charge in [-0.2, -0.15) is 0 Å². The number of hydrogen-bond acceptors (Lipinski definition) is 6. The van der Waals surface area contributed by atoms with Gasteiger partial charge < -0.3 is 24.1 Å². The summed E-state index contributed by atoms with van der Waals surface area (Å²) in [6.45, 7) is 5.33. The van der Waals surface area contributed by atoms with Gasteiger partial charge in [-0.3, -0.25) is 9.59 Å². The van der Waals surface area contributed by atoms with Gasteiger partial charge in [0, 0.05) is 13.2 Å². The Labute approximate surface area is 112 Å². The standard InChI is InChI=1S/C12H22O7/c1-3-17-12(18-4-2)9-16-7-8-19-11(15)6-5-10(13)14/h12H,3-9H2,1-2H3,(H,13,14). The van der Waals surface area contributed by atoms with Gasteiger partial charge in [0.1, 0.15) is 6.61 Å². The van der Waals surface area contributed by atoms with E-state index in [2.05, 4.69) is 0 Å². The van der Waals surface area contributed by atoms with E-state index >= 15 is 0 Å². The lowest BCUT2D eigenvalue weighted by Gasteiger charge is -2.16. The van der Waals surface area contributed by atoms with E-state index in [-0.39, 0.29) is 32.7 Å². The van der Waals surface area contributed by atoms with Crippen LogP contribution in [0, 0.1) is 0 Å². The molecule has 19 heavy (non-hydrogen) atoms. The minimum Gasteiger partial charge on any atom is -0.481 e. The SMILES string of the molecule is CCOC(COCCOC(=O)CCC(=O)O)OCC. The number of ether oxygens (including phenoxy) is 4. The van der Waals surface area contributed by atoms with Crippen LogP contribution in [0.25, 0.3) is 0 Å². The van der Waals surface area contributed by atoms with Crippen LogP contribution in [0.2, 0.25) is 0 Å². The second-order valence-electron chi connectivity index (χ2n) is 3.53. The number of hydrogen-bond donors (Lipinski definition) is 1. The highest BCUT2D eigenvalue weighted by atomic mass is 16.7. The first-order valence-electron chi connectivity index (χ1n) is 6.28. The predicted octanol–water partition coefficient (Wildman–Crippen LogP) is 0.810. The zero-order chi connectivity index (χ0) is 14.5. The quantitative estimate of drug-likeness (QED) is 0.321. The van der Waals surface area contributed by atoms with Crippen LogP contribution in [0.15, 0.2) is 0 Å². The van der Waals surface area contributed by atoms with Crippen LogP contribution in [0.5, 0.6) is 0 Å². The molecule has 112 valence electrons. The number of carbonyl (C=O) groups excluding carboxylic acids is 1. The molecule has 0 spiro atoms. The van der Waals surface area contributed by atoms with Crippen LogP contribution in [0.3, 0.4) is 0 Å². The summed E-state index contributed by atoms with van der Waals surface area (Å²) in [7, 11) is 0. The summed E-state index contributed by atoms with van der Waals surface area (Å²) in [6.07, 6.45) is -0.774. The molecule has 1 N–H and O–H groups in total. The van der Waals surface area contributed by atoms with E-state index in [9.17, 15) is 9.59 Å². The molecule has 0 aromatic carbocycles. The summed E-state index contributed by atoms with van der Waals surface area (Å²) in [4.78, 5) is 21.3. The number of carbonyl (C=O) groups is 2. The number of aliphatic carboxylic acids is 1. The number of carboxylic acids is 1. The first-order valence-corrected chi connectivity index (χ1v) is 6.28. The lowest BCUT2D eigenvalue weighted by molar-refractivity contribution is -0.171. The van der Waals surface area contributed by atoms with Gasteiger partial charge in [0.2, 0.25) is 0 Å². The highest BCUT2D eigenvalue weighted by Crippen LogP contribution is 1.97. The molecule has 0 unspecified atom stereocenters. The maximum Gasteiger partial charge on any atom is 0.306 e. The van der Waals surface area contributed by atoms with Crippen LogP contribution < -0.4 is 0 Å². The molecule has 0 aliphatic rings. The predicted molar refractivity (Wildman–Crippen MR) is 65.7 cm³/mol. The van der Waals surface area contributed by atoms with E-state index in [0.717, 1.165) is 0 Å². The van der Waals surface area contributed by atoms with Crippen molar-refractivity contribution in [3.05, 3.63) is 0 Å². The molecular weight excluding hydrogens is 256 g/mol. The highest BCUT2D eigenvalue weighted by molar-refractivity contribution is 5.76. The molecule has 0 heterocycles.